The highest BCUT2D eigenvalue weighted by atomic mass is 31.2. The third-order valence-corrected chi connectivity index (χ3v) is 7.62. The quantitative estimate of drug-likeness (QED) is 0.0323. The molecule has 0 aliphatic carbocycles. The fourth-order valence-corrected chi connectivity index (χ4v) is 4.87. The van der Waals surface area contributed by atoms with Gasteiger partial charge in [0.05, 0.1) is 13.2 Å². The number of carbonyl (C=O) groups is 2. The molecule has 10 heteroatoms. The standard InChI is InChI=1S/C32H60NO8P/c1-3-5-7-9-11-12-13-14-15-16-17-18-19-20-22-24-31(35)33-26-27-40-42(37,38)41-29-30(34)28-39-32(36)25-23-21-10-8-6-4-2/h11-12,14-15,30,34H,3-10,13,16-29H2,1-2H3,(H,33,35)(H,37,38)/b12-11-,15-14-. The molecular formula is C32H60NO8P. The molecule has 246 valence electrons. The number of ether oxygens (including phenoxy) is 1. The summed E-state index contributed by atoms with van der Waals surface area (Å²) in [5, 5.41) is 12.5. The van der Waals surface area contributed by atoms with Gasteiger partial charge in [0.2, 0.25) is 5.91 Å². The van der Waals surface area contributed by atoms with Crippen LogP contribution in [0.2, 0.25) is 0 Å². The first-order valence-corrected chi connectivity index (χ1v) is 17.8. The van der Waals surface area contributed by atoms with E-state index >= 15 is 0 Å². The van der Waals surface area contributed by atoms with Gasteiger partial charge >= 0.3 is 13.8 Å². The van der Waals surface area contributed by atoms with Crippen molar-refractivity contribution in [3.05, 3.63) is 24.3 Å². The molecule has 0 saturated heterocycles. The van der Waals surface area contributed by atoms with Crippen LogP contribution in [-0.4, -0.2) is 54.3 Å². The Labute approximate surface area is 255 Å². The molecule has 0 heterocycles. The molecule has 1 amide bonds. The van der Waals surface area contributed by atoms with E-state index in [4.69, 9.17) is 13.8 Å². The maximum Gasteiger partial charge on any atom is 0.472 e. The molecule has 0 radical (unpaired) electrons. The number of phosphoric acid groups is 1. The van der Waals surface area contributed by atoms with Crippen molar-refractivity contribution < 1.29 is 37.9 Å². The van der Waals surface area contributed by atoms with E-state index in [1.54, 1.807) is 0 Å². The molecule has 3 N–H and O–H groups in total. The molecule has 0 aromatic rings. The zero-order valence-electron chi connectivity index (χ0n) is 26.4. The predicted octanol–water partition coefficient (Wildman–Crippen LogP) is 7.70. The summed E-state index contributed by atoms with van der Waals surface area (Å²) in [6.07, 6.45) is 27.1. The highest BCUT2D eigenvalue weighted by Crippen LogP contribution is 2.42. The molecule has 0 fully saturated rings. The second-order valence-corrected chi connectivity index (χ2v) is 12.2. The second-order valence-electron chi connectivity index (χ2n) is 10.8. The van der Waals surface area contributed by atoms with E-state index in [-0.39, 0.29) is 32.1 Å². The molecule has 0 aliphatic heterocycles. The third kappa shape index (κ3) is 30.0. The van der Waals surface area contributed by atoms with Crippen molar-refractivity contribution in [2.75, 3.05) is 26.4 Å². The van der Waals surface area contributed by atoms with Crippen LogP contribution < -0.4 is 5.32 Å². The summed E-state index contributed by atoms with van der Waals surface area (Å²) < 4.78 is 26.5. The normalized spacial score (nSPS) is 13.9. The van der Waals surface area contributed by atoms with Crippen LogP contribution >= 0.6 is 7.82 Å². The van der Waals surface area contributed by atoms with Gasteiger partial charge < -0.3 is 20.1 Å². The van der Waals surface area contributed by atoms with Crippen LogP contribution in [0.1, 0.15) is 136 Å². The van der Waals surface area contributed by atoms with Gasteiger partial charge in [-0.05, 0) is 44.9 Å². The number of hydrogen-bond acceptors (Lipinski definition) is 7. The fraction of sp³-hybridized carbons (Fsp3) is 0.812. The summed E-state index contributed by atoms with van der Waals surface area (Å²) in [6, 6.07) is 0. The van der Waals surface area contributed by atoms with Crippen molar-refractivity contribution in [2.24, 2.45) is 0 Å². The first kappa shape index (κ1) is 40.5. The molecule has 0 rings (SSSR count). The van der Waals surface area contributed by atoms with Crippen LogP contribution in [0.15, 0.2) is 24.3 Å². The highest BCUT2D eigenvalue weighted by Gasteiger charge is 2.23. The molecule has 9 nitrogen and oxygen atoms in total. The van der Waals surface area contributed by atoms with Crippen LogP contribution in [0, 0.1) is 0 Å². The molecular weight excluding hydrogens is 557 g/mol. The summed E-state index contributed by atoms with van der Waals surface area (Å²) in [7, 11) is -4.40. The monoisotopic (exact) mass is 617 g/mol. The van der Waals surface area contributed by atoms with Gasteiger partial charge in [-0.3, -0.25) is 18.6 Å². The molecule has 2 atom stereocenters. The van der Waals surface area contributed by atoms with Gasteiger partial charge in [-0.15, -0.1) is 0 Å². The molecule has 2 unspecified atom stereocenters. The number of aliphatic hydroxyl groups is 1. The molecule has 0 aromatic heterocycles. The van der Waals surface area contributed by atoms with Crippen molar-refractivity contribution in [1.82, 2.24) is 5.32 Å². The van der Waals surface area contributed by atoms with Gasteiger partial charge in [0.1, 0.15) is 12.7 Å². The van der Waals surface area contributed by atoms with E-state index in [1.165, 1.54) is 38.5 Å². The fourth-order valence-electron chi connectivity index (χ4n) is 4.11. The Balaban J connectivity index is 3.66. The first-order chi connectivity index (χ1) is 20.3. The van der Waals surface area contributed by atoms with Crippen LogP contribution in [0.3, 0.4) is 0 Å². The SMILES string of the molecule is CCCCC/C=C\C/C=C\CCCCCCCC(=O)NCCOP(=O)(O)OCC(O)COC(=O)CCCCCCCC. The lowest BCUT2D eigenvalue weighted by Gasteiger charge is -2.15. The first-order valence-electron chi connectivity index (χ1n) is 16.3. The Morgan fingerprint density at radius 1 is 0.738 bits per heavy atom. The van der Waals surface area contributed by atoms with Gasteiger partial charge in [-0.2, -0.15) is 0 Å². The largest absolute Gasteiger partial charge is 0.472 e. The summed E-state index contributed by atoms with van der Waals surface area (Å²) in [5.74, 6) is -0.542. The zero-order valence-corrected chi connectivity index (χ0v) is 27.3. The minimum Gasteiger partial charge on any atom is -0.463 e. The van der Waals surface area contributed by atoms with Crippen molar-refractivity contribution in [3.63, 3.8) is 0 Å². The topological polar surface area (TPSA) is 131 Å². The van der Waals surface area contributed by atoms with Gasteiger partial charge in [0.15, 0.2) is 0 Å². The number of nitrogens with one attached hydrogen (secondary N) is 1. The van der Waals surface area contributed by atoms with E-state index in [0.717, 1.165) is 70.6 Å². The predicted molar refractivity (Wildman–Crippen MR) is 169 cm³/mol. The zero-order chi connectivity index (χ0) is 31.2. The summed E-state index contributed by atoms with van der Waals surface area (Å²) in [4.78, 5) is 33.4. The Morgan fingerprint density at radius 2 is 1.29 bits per heavy atom. The Kier molecular flexibility index (Phi) is 28.5. The van der Waals surface area contributed by atoms with E-state index in [9.17, 15) is 24.2 Å². The second kappa shape index (κ2) is 29.6. The lowest BCUT2D eigenvalue weighted by molar-refractivity contribution is -0.147. The van der Waals surface area contributed by atoms with Crippen LogP contribution in [0.5, 0.6) is 0 Å². The summed E-state index contributed by atoms with van der Waals surface area (Å²) >= 11 is 0. The van der Waals surface area contributed by atoms with Crippen LogP contribution in [-0.2, 0) is 27.9 Å². The number of carbonyl (C=O) groups excluding carboxylic acids is 2. The van der Waals surface area contributed by atoms with E-state index in [2.05, 4.69) is 43.5 Å². The van der Waals surface area contributed by atoms with Crippen molar-refractivity contribution in [2.45, 2.75) is 142 Å². The molecule has 0 aliphatic rings. The lowest BCUT2D eigenvalue weighted by Crippen LogP contribution is -2.27. The highest BCUT2D eigenvalue weighted by molar-refractivity contribution is 7.47. The molecule has 0 bridgehead atoms. The maximum atomic E-state index is 12.0. The number of esters is 1. The van der Waals surface area contributed by atoms with Gasteiger partial charge in [0, 0.05) is 19.4 Å². The number of phosphoric ester groups is 1. The van der Waals surface area contributed by atoms with Crippen molar-refractivity contribution in [1.29, 1.82) is 0 Å². The van der Waals surface area contributed by atoms with E-state index in [0.29, 0.717) is 6.42 Å². The average Bonchev–Trinajstić information content (AvgIpc) is 2.97. The van der Waals surface area contributed by atoms with E-state index in [1.807, 2.05) is 0 Å². The lowest BCUT2D eigenvalue weighted by atomic mass is 10.1. The molecule has 0 aromatic carbocycles. The van der Waals surface area contributed by atoms with Gasteiger partial charge in [0.25, 0.3) is 0 Å². The molecule has 42 heavy (non-hydrogen) atoms. The Morgan fingerprint density at radius 3 is 1.95 bits per heavy atom. The summed E-state index contributed by atoms with van der Waals surface area (Å²) in [6.45, 7) is 3.40. The third-order valence-electron chi connectivity index (χ3n) is 6.63. The minimum atomic E-state index is -4.40. The van der Waals surface area contributed by atoms with Gasteiger partial charge in [-0.1, -0.05) is 102 Å². The number of unbranched alkanes of at least 4 members (excludes halogenated alkanes) is 13. The number of amides is 1. The summed E-state index contributed by atoms with van der Waals surface area (Å²) in [5.41, 5.74) is 0. The minimum absolute atomic E-state index is 0.0750. The number of rotatable bonds is 30. The Bertz CT molecular complexity index is 759. The van der Waals surface area contributed by atoms with Gasteiger partial charge in [-0.25, -0.2) is 4.57 Å². The number of aliphatic hydroxyl groups excluding tert-OH is 1. The van der Waals surface area contributed by atoms with Crippen LogP contribution in [0.4, 0.5) is 0 Å². The smallest absolute Gasteiger partial charge is 0.463 e. The number of hydrogen-bond donors (Lipinski definition) is 3. The van der Waals surface area contributed by atoms with Crippen LogP contribution in [0.25, 0.3) is 0 Å². The molecule has 0 saturated carbocycles. The maximum absolute atomic E-state index is 12.0. The van der Waals surface area contributed by atoms with E-state index < -0.39 is 26.5 Å². The Hall–Kier alpha value is -1.51. The van der Waals surface area contributed by atoms with Crippen molar-refractivity contribution >= 4 is 19.7 Å². The van der Waals surface area contributed by atoms with Crippen molar-refractivity contribution in [3.8, 4) is 0 Å². The number of allylic oxidation sites excluding steroid dienone is 4. The average molecular weight is 618 g/mol. The molecule has 0 spiro atoms.